The molecule has 27 heavy (non-hydrogen) atoms. The van der Waals surface area contributed by atoms with Gasteiger partial charge in [-0.15, -0.1) is 0 Å². The van der Waals surface area contributed by atoms with Gasteiger partial charge in [0.1, 0.15) is 0 Å². The van der Waals surface area contributed by atoms with E-state index in [2.05, 4.69) is 39.9 Å². The van der Waals surface area contributed by atoms with Crippen molar-refractivity contribution in [2.75, 3.05) is 32.7 Å². The van der Waals surface area contributed by atoms with Crippen LogP contribution in [-0.2, 0) is 16.1 Å². The Labute approximate surface area is 158 Å². The molecular formula is C19H25N5O3. The van der Waals surface area contributed by atoms with Crippen molar-refractivity contribution < 1.29 is 14.4 Å². The quantitative estimate of drug-likeness (QED) is 0.670. The number of benzene rings is 1. The molecule has 3 fully saturated rings. The van der Waals surface area contributed by atoms with Crippen molar-refractivity contribution in [3.63, 3.8) is 0 Å². The van der Waals surface area contributed by atoms with Gasteiger partial charge in [0.05, 0.1) is 18.0 Å². The van der Waals surface area contributed by atoms with Gasteiger partial charge >= 0.3 is 6.03 Å². The van der Waals surface area contributed by atoms with Gasteiger partial charge in [-0.1, -0.05) is 24.3 Å². The average molecular weight is 371 g/mol. The normalized spacial score (nSPS) is 24.2. The van der Waals surface area contributed by atoms with E-state index in [0.29, 0.717) is 32.7 Å². The van der Waals surface area contributed by atoms with Gasteiger partial charge in [-0.05, 0) is 18.1 Å². The van der Waals surface area contributed by atoms with E-state index in [9.17, 15) is 14.4 Å². The minimum Gasteiger partial charge on any atom is -0.353 e. The van der Waals surface area contributed by atoms with Crippen LogP contribution in [0, 0.1) is 6.92 Å². The second-order valence-corrected chi connectivity index (χ2v) is 7.75. The molecule has 4 rings (SSSR count). The molecule has 0 aromatic heterocycles. The van der Waals surface area contributed by atoms with Gasteiger partial charge in [-0.25, -0.2) is 4.79 Å². The van der Waals surface area contributed by atoms with Crippen LogP contribution in [0.1, 0.15) is 17.5 Å². The van der Waals surface area contributed by atoms with E-state index in [1.165, 1.54) is 11.1 Å². The summed E-state index contributed by atoms with van der Waals surface area (Å²) in [5, 5.41) is 8.50. The van der Waals surface area contributed by atoms with Gasteiger partial charge in [0.25, 0.3) is 0 Å². The van der Waals surface area contributed by atoms with E-state index >= 15 is 0 Å². The molecule has 3 aliphatic rings. The summed E-state index contributed by atoms with van der Waals surface area (Å²) in [4.78, 5) is 40.3. The zero-order valence-corrected chi connectivity index (χ0v) is 15.5. The number of nitrogens with one attached hydrogen (secondary N) is 3. The number of rotatable bonds is 4. The molecule has 1 spiro atoms. The highest BCUT2D eigenvalue weighted by molar-refractivity contribution is 5.89. The zero-order valence-electron chi connectivity index (χ0n) is 15.5. The molecule has 4 amide bonds. The number of carbonyl (C=O) groups is 3. The van der Waals surface area contributed by atoms with Crippen molar-refractivity contribution in [3.8, 4) is 0 Å². The van der Waals surface area contributed by atoms with Gasteiger partial charge in [0, 0.05) is 39.3 Å². The molecule has 3 saturated heterocycles. The number of hydrogen-bond acceptors (Lipinski definition) is 4. The summed E-state index contributed by atoms with van der Waals surface area (Å²) >= 11 is 0. The average Bonchev–Trinajstić information content (AvgIpc) is 3.01. The Morgan fingerprint density at radius 2 is 2.00 bits per heavy atom. The summed E-state index contributed by atoms with van der Waals surface area (Å²) in [5.41, 5.74) is 2.03. The van der Waals surface area contributed by atoms with Gasteiger partial charge in [-0.3, -0.25) is 14.5 Å². The van der Waals surface area contributed by atoms with Crippen LogP contribution in [0.3, 0.4) is 0 Å². The van der Waals surface area contributed by atoms with Gasteiger partial charge in [-0.2, -0.15) is 0 Å². The SMILES string of the molecule is Cc1ccccc1CN1CCNC(=O)[C@@H]1CC(=O)N1CC2(CNC(=O)N2)C1. The third kappa shape index (κ3) is 3.49. The number of amides is 4. The van der Waals surface area contributed by atoms with E-state index in [4.69, 9.17) is 0 Å². The number of carbonyl (C=O) groups excluding carboxylic acids is 3. The maximum atomic E-state index is 12.7. The largest absolute Gasteiger partial charge is 0.353 e. The molecule has 3 heterocycles. The Balaban J connectivity index is 1.39. The first-order valence-electron chi connectivity index (χ1n) is 9.36. The molecule has 3 aliphatic heterocycles. The van der Waals surface area contributed by atoms with Crippen LogP contribution in [0.4, 0.5) is 4.79 Å². The first-order valence-corrected chi connectivity index (χ1v) is 9.36. The van der Waals surface area contributed by atoms with Crippen molar-refractivity contribution >= 4 is 17.8 Å². The molecule has 0 radical (unpaired) electrons. The predicted octanol–water partition coefficient (Wildman–Crippen LogP) is -0.421. The Morgan fingerprint density at radius 3 is 2.70 bits per heavy atom. The standard InChI is InChI=1S/C19H25N5O3/c1-13-4-2-3-5-14(13)9-23-7-6-20-17(26)15(23)8-16(25)24-11-19(12-24)10-21-18(27)22-19/h2-5,15H,6-12H2,1H3,(H,20,26)(H2,21,22,27)/t15-/m0/s1. The Hall–Kier alpha value is -2.61. The molecule has 1 aromatic carbocycles. The maximum absolute atomic E-state index is 12.7. The fourth-order valence-electron chi connectivity index (χ4n) is 4.10. The third-order valence-corrected chi connectivity index (χ3v) is 5.75. The molecule has 0 unspecified atom stereocenters. The van der Waals surface area contributed by atoms with E-state index in [-0.39, 0.29) is 29.8 Å². The van der Waals surface area contributed by atoms with Crippen molar-refractivity contribution in [1.82, 2.24) is 25.8 Å². The molecular weight excluding hydrogens is 346 g/mol. The zero-order chi connectivity index (χ0) is 19.0. The first-order chi connectivity index (χ1) is 13.0. The molecule has 0 aliphatic carbocycles. The Bertz CT molecular complexity index is 774. The molecule has 1 atom stereocenters. The molecule has 8 nitrogen and oxygen atoms in total. The third-order valence-electron chi connectivity index (χ3n) is 5.75. The fraction of sp³-hybridized carbons (Fsp3) is 0.526. The monoisotopic (exact) mass is 371 g/mol. The lowest BCUT2D eigenvalue weighted by atomic mass is 9.90. The van der Waals surface area contributed by atoms with Crippen LogP contribution < -0.4 is 16.0 Å². The van der Waals surface area contributed by atoms with Gasteiger partial charge in [0.2, 0.25) is 11.8 Å². The second-order valence-electron chi connectivity index (χ2n) is 7.75. The highest BCUT2D eigenvalue weighted by Crippen LogP contribution is 2.25. The molecule has 144 valence electrons. The lowest BCUT2D eigenvalue weighted by Gasteiger charge is -2.47. The lowest BCUT2D eigenvalue weighted by molar-refractivity contribution is -0.144. The van der Waals surface area contributed by atoms with Crippen LogP contribution in [0.2, 0.25) is 0 Å². The maximum Gasteiger partial charge on any atom is 0.315 e. The van der Waals surface area contributed by atoms with E-state index < -0.39 is 6.04 Å². The van der Waals surface area contributed by atoms with Gasteiger partial charge < -0.3 is 20.9 Å². The summed E-state index contributed by atoms with van der Waals surface area (Å²) in [6, 6.07) is 7.48. The van der Waals surface area contributed by atoms with Crippen LogP contribution in [-0.4, -0.2) is 71.9 Å². The molecule has 0 bridgehead atoms. The molecule has 3 N–H and O–H groups in total. The van der Waals surface area contributed by atoms with Crippen molar-refractivity contribution in [1.29, 1.82) is 0 Å². The van der Waals surface area contributed by atoms with Crippen molar-refractivity contribution in [2.45, 2.75) is 31.5 Å². The highest BCUT2D eigenvalue weighted by Gasteiger charge is 2.50. The number of piperazine rings is 1. The van der Waals surface area contributed by atoms with Crippen molar-refractivity contribution in [3.05, 3.63) is 35.4 Å². The molecule has 8 heteroatoms. The van der Waals surface area contributed by atoms with Crippen LogP contribution >= 0.6 is 0 Å². The van der Waals surface area contributed by atoms with Crippen molar-refractivity contribution in [2.24, 2.45) is 0 Å². The summed E-state index contributed by atoms with van der Waals surface area (Å²) in [5.74, 6) is -0.132. The minimum absolute atomic E-state index is 0.0430. The summed E-state index contributed by atoms with van der Waals surface area (Å²) in [6.07, 6.45) is 0.162. The molecule has 0 saturated carbocycles. The van der Waals surface area contributed by atoms with E-state index in [0.717, 1.165) is 6.54 Å². The topological polar surface area (TPSA) is 93.8 Å². The molecule has 1 aromatic rings. The number of likely N-dealkylation sites (tertiary alicyclic amines) is 1. The fourth-order valence-corrected chi connectivity index (χ4v) is 4.10. The summed E-state index contributed by atoms with van der Waals surface area (Å²) in [7, 11) is 0. The number of urea groups is 1. The summed E-state index contributed by atoms with van der Waals surface area (Å²) in [6.45, 7) is 5.57. The predicted molar refractivity (Wildman–Crippen MR) is 98.8 cm³/mol. The highest BCUT2D eigenvalue weighted by atomic mass is 16.2. The van der Waals surface area contributed by atoms with E-state index in [1.807, 2.05) is 12.1 Å². The van der Waals surface area contributed by atoms with Crippen LogP contribution in [0.5, 0.6) is 0 Å². The van der Waals surface area contributed by atoms with E-state index in [1.54, 1.807) is 4.90 Å². The second kappa shape index (κ2) is 6.84. The number of hydrogen-bond donors (Lipinski definition) is 3. The van der Waals surface area contributed by atoms with Gasteiger partial charge in [0.15, 0.2) is 0 Å². The smallest absolute Gasteiger partial charge is 0.315 e. The summed E-state index contributed by atoms with van der Waals surface area (Å²) < 4.78 is 0. The first kappa shape index (κ1) is 17.8. The number of nitrogens with zero attached hydrogens (tertiary/aromatic N) is 2. The number of aryl methyl sites for hydroxylation is 1. The minimum atomic E-state index is -0.460. The Kier molecular flexibility index (Phi) is 4.51. The lowest BCUT2D eigenvalue weighted by Crippen LogP contribution is -2.70. The Morgan fingerprint density at radius 1 is 1.22 bits per heavy atom. The van der Waals surface area contributed by atoms with Crippen LogP contribution in [0.15, 0.2) is 24.3 Å². The van der Waals surface area contributed by atoms with Crippen LogP contribution in [0.25, 0.3) is 0 Å².